The molecule has 1 aliphatic carbocycles. The molecule has 1 unspecified atom stereocenters. The predicted octanol–water partition coefficient (Wildman–Crippen LogP) is 3.77. The summed E-state index contributed by atoms with van der Waals surface area (Å²) in [6, 6.07) is 9.29. The molecule has 1 fully saturated rings. The van der Waals surface area contributed by atoms with Gasteiger partial charge in [-0.2, -0.15) is 0 Å². The minimum absolute atomic E-state index is 0.0676. The van der Waals surface area contributed by atoms with E-state index in [-0.39, 0.29) is 5.60 Å². The summed E-state index contributed by atoms with van der Waals surface area (Å²) >= 11 is 2.35. The van der Waals surface area contributed by atoms with E-state index in [0.717, 1.165) is 13.0 Å². The normalized spacial score (nSPS) is 18.9. The van der Waals surface area contributed by atoms with Gasteiger partial charge in [0, 0.05) is 16.7 Å². The first-order valence-electron chi connectivity index (χ1n) is 7.23. The topological polar surface area (TPSA) is 21.3 Å². The van der Waals surface area contributed by atoms with Crippen LogP contribution in [0.4, 0.5) is 0 Å². The van der Waals surface area contributed by atoms with Crippen molar-refractivity contribution in [2.24, 2.45) is 0 Å². The minimum Gasteiger partial charge on any atom is -0.377 e. The van der Waals surface area contributed by atoms with Crippen molar-refractivity contribution >= 4 is 22.6 Å². The Labute approximate surface area is 130 Å². The van der Waals surface area contributed by atoms with Crippen molar-refractivity contribution in [3.63, 3.8) is 0 Å². The molecule has 1 aliphatic rings. The molecule has 1 atom stereocenters. The van der Waals surface area contributed by atoms with E-state index in [2.05, 4.69) is 59.1 Å². The molecule has 0 saturated heterocycles. The number of methoxy groups -OCH3 is 1. The fourth-order valence-corrected chi connectivity index (χ4v) is 3.20. The molecule has 0 aromatic heterocycles. The van der Waals surface area contributed by atoms with Crippen LogP contribution in [0.15, 0.2) is 24.3 Å². The van der Waals surface area contributed by atoms with Crippen molar-refractivity contribution in [1.82, 2.24) is 5.32 Å². The standard InChI is InChI=1S/C16H24INO/c1-3-11-18-15(16(19-2)9-4-10-16)12-13-5-7-14(17)8-6-13/h5-8,15,18H,3-4,9-12H2,1-2H3. The number of hydrogen-bond donors (Lipinski definition) is 1. The van der Waals surface area contributed by atoms with Gasteiger partial charge in [0.25, 0.3) is 0 Å². The molecule has 106 valence electrons. The van der Waals surface area contributed by atoms with E-state index in [0.29, 0.717) is 6.04 Å². The molecular weight excluding hydrogens is 349 g/mol. The molecule has 0 heterocycles. The summed E-state index contributed by atoms with van der Waals surface area (Å²) in [5, 5.41) is 3.70. The number of halogens is 1. The van der Waals surface area contributed by atoms with Crippen molar-refractivity contribution in [3.8, 4) is 0 Å². The summed E-state index contributed by atoms with van der Waals surface area (Å²) < 4.78 is 7.16. The molecule has 0 bridgehead atoms. The quantitative estimate of drug-likeness (QED) is 0.735. The fraction of sp³-hybridized carbons (Fsp3) is 0.625. The fourth-order valence-electron chi connectivity index (χ4n) is 2.84. The van der Waals surface area contributed by atoms with Gasteiger partial charge in [-0.3, -0.25) is 0 Å². The Morgan fingerprint density at radius 3 is 2.47 bits per heavy atom. The highest BCUT2D eigenvalue weighted by molar-refractivity contribution is 14.1. The van der Waals surface area contributed by atoms with Crippen LogP contribution in [0, 0.1) is 3.57 Å². The van der Waals surface area contributed by atoms with Crippen LogP contribution in [0.1, 0.15) is 38.2 Å². The van der Waals surface area contributed by atoms with Gasteiger partial charge in [0.2, 0.25) is 0 Å². The van der Waals surface area contributed by atoms with Crippen LogP contribution in [0.5, 0.6) is 0 Å². The van der Waals surface area contributed by atoms with Crippen molar-refractivity contribution in [2.75, 3.05) is 13.7 Å². The molecule has 0 amide bonds. The molecule has 2 nitrogen and oxygen atoms in total. The third kappa shape index (κ3) is 3.70. The molecule has 1 saturated carbocycles. The zero-order valence-corrected chi connectivity index (χ0v) is 14.1. The molecule has 1 aromatic rings. The Morgan fingerprint density at radius 1 is 1.32 bits per heavy atom. The summed E-state index contributed by atoms with van der Waals surface area (Å²) in [4.78, 5) is 0. The lowest BCUT2D eigenvalue weighted by Crippen LogP contribution is -2.57. The van der Waals surface area contributed by atoms with Crippen molar-refractivity contribution in [1.29, 1.82) is 0 Å². The molecule has 1 aromatic carbocycles. The Bertz CT molecular complexity index is 381. The van der Waals surface area contributed by atoms with E-state index >= 15 is 0 Å². The van der Waals surface area contributed by atoms with Crippen molar-refractivity contribution in [2.45, 2.75) is 50.7 Å². The second kappa shape index (κ2) is 7.04. The zero-order valence-electron chi connectivity index (χ0n) is 11.9. The van der Waals surface area contributed by atoms with Crippen LogP contribution in [-0.4, -0.2) is 25.3 Å². The maximum absolute atomic E-state index is 5.86. The summed E-state index contributed by atoms with van der Waals surface area (Å²) in [5.74, 6) is 0. The van der Waals surface area contributed by atoms with Crippen LogP contribution in [0.25, 0.3) is 0 Å². The van der Waals surface area contributed by atoms with Gasteiger partial charge in [0.1, 0.15) is 0 Å². The van der Waals surface area contributed by atoms with Gasteiger partial charge >= 0.3 is 0 Å². The number of rotatable bonds is 7. The first-order chi connectivity index (χ1) is 9.20. The van der Waals surface area contributed by atoms with Gasteiger partial charge in [0.15, 0.2) is 0 Å². The Hall–Kier alpha value is -0.130. The maximum atomic E-state index is 5.86. The monoisotopic (exact) mass is 373 g/mol. The Morgan fingerprint density at radius 2 is 2.00 bits per heavy atom. The molecule has 0 spiro atoms. The second-order valence-electron chi connectivity index (χ2n) is 5.46. The molecule has 0 radical (unpaired) electrons. The molecule has 3 heteroatoms. The molecule has 2 rings (SSSR count). The zero-order chi connectivity index (χ0) is 13.7. The summed E-state index contributed by atoms with van der Waals surface area (Å²) in [6.07, 6.45) is 5.91. The lowest BCUT2D eigenvalue weighted by molar-refractivity contribution is -0.0980. The smallest absolute Gasteiger partial charge is 0.0834 e. The van der Waals surface area contributed by atoms with Crippen molar-refractivity contribution < 1.29 is 4.74 Å². The van der Waals surface area contributed by atoms with E-state index < -0.39 is 0 Å². The van der Waals surface area contributed by atoms with E-state index in [1.165, 1.54) is 34.8 Å². The molecule has 1 N–H and O–H groups in total. The lowest BCUT2D eigenvalue weighted by atomic mass is 9.72. The third-order valence-electron chi connectivity index (χ3n) is 4.24. The van der Waals surface area contributed by atoms with Gasteiger partial charge < -0.3 is 10.1 Å². The SMILES string of the molecule is CCCNC(Cc1ccc(I)cc1)C1(OC)CCC1. The summed E-state index contributed by atoms with van der Waals surface area (Å²) in [6.45, 7) is 3.29. The van der Waals surface area contributed by atoms with E-state index in [1.807, 2.05) is 7.11 Å². The molecule has 19 heavy (non-hydrogen) atoms. The minimum atomic E-state index is 0.0676. The van der Waals surface area contributed by atoms with Crippen LogP contribution in [-0.2, 0) is 11.2 Å². The van der Waals surface area contributed by atoms with Crippen LogP contribution in [0.3, 0.4) is 0 Å². The largest absolute Gasteiger partial charge is 0.377 e. The van der Waals surface area contributed by atoms with Gasteiger partial charge in [-0.25, -0.2) is 0 Å². The highest BCUT2D eigenvalue weighted by atomic mass is 127. The highest BCUT2D eigenvalue weighted by Gasteiger charge is 2.43. The number of nitrogens with one attached hydrogen (secondary N) is 1. The van der Waals surface area contributed by atoms with Gasteiger partial charge in [-0.15, -0.1) is 0 Å². The van der Waals surface area contributed by atoms with Crippen LogP contribution >= 0.6 is 22.6 Å². The number of hydrogen-bond acceptors (Lipinski definition) is 2. The van der Waals surface area contributed by atoms with Gasteiger partial charge in [0.05, 0.1) is 5.60 Å². The van der Waals surface area contributed by atoms with Gasteiger partial charge in [-0.1, -0.05) is 19.1 Å². The number of ether oxygens (including phenoxy) is 1. The first kappa shape index (κ1) is 15.3. The second-order valence-corrected chi connectivity index (χ2v) is 6.71. The summed E-state index contributed by atoms with van der Waals surface area (Å²) in [5.41, 5.74) is 1.47. The number of benzene rings is 1. The van der Waals surface area contributed by atoms with E-state index in [1.54, 1.807) is 0 Å². The lowest BCUT2D eigenvalue weighted by Gasteiger charge is -2.47. The Balaban J connectivity index is 2.06. The maximum Gasteiger partial charge on any atom is 0.0834 e. The van der Waals surface area contributed by atoms with Crippen molar-refractivity contribution in [3.05, 3.63) is 33.4 Å². The van der Waals surface area contributed by atoms with Crippen LogP contribution < -0.4 is 5.32 Å². The average molecular weight is 373 g/mol. The average Bonchev–Trinajstić information content (AvgIpc) is 2.37. The highest BCUT2D eigenvalue weighted by Crippen LogP contribution is 2.39. The van der Waals surface area contributed by atoms with Crippen LogP contribution in [0.2, 0.25) is 0 Å². The molecular formula is C16H24INO. The van der Waals surface area contributed by atoms with Gasteiger partial charge in [-0.05, 0) is 78.9 Å². The van der Waals surface area contributed by atoms with E-state index in [9.17, 15) is 0 Å². The van der Waals surface area contributed by atoms with E-state index in [4.69, 9.17) is 4.74 Å². The first-order valence-corrected chi connectivity index (χ1v) is 8.31. The predicted molar refractivity (Wildman–Crippen MR) is 88.5 cm³/mol. The Kier molecular flexibility index (Phi) is 5.66. The molecule has 0 aliphatic heterocycles. The summed E-state index contributed by atoms with van der Waals surface area (Å²) in [7, 11) is 1.87. The third-order valence-corrected chi connectivity index (χ3v) is 4.95.